The van der Waals surface area contributed by atoms with Gasteiger partial charge in [0.25, 0.3) is 0 Å². The van der Waals surface area contributed by atoms with Gasteiger partial charge in [-0.25, -0.2) is 9.37 Å². The van der Waals surface area contributed by atoms with Gasteiger partial charge in [0.15, 0.2) is 11.5 Å². The van der Waals surface area contributed by atoms with Gasteiger partial charge >= 0.3 is 0 Å². The number of fused-ring (bicyclic) bond motifs is 3. The van der Waals surface area contributed by atoms with Crippen LogP contribution in [0.5, 0.6) is 5.75 Å². The molecule has 0 unspecified atom stereocenters. The maximum atomic E-state index is 14.7. The first-order chi connectivity index (χ1) is 14.1. The van der Waals surface area contributed by atoms with Gasteiger partial charge in [-0.2, -0.15) is 0 Å². The van der Waals surface area contributed by atoms with Crippen LogP contribution >= 0.6 is 11.6 Å². The third kappa shape index (κ3) is 3.90. The highest BCUT2D eigenvalue weighted by molar-refractivity contribution is 6.31. The predicted octanol–water partition coefficient (Wildman–Crippen LogP) is 6.00. The Labute approximate surface area is 173 Å². The molecule has 0 saturated heterocycles. The van der Waals surface area contributed by atoms with Crippen molar-refractivity contribution in [3.63, 3.8) is 0 Å². The molecule has 0 spiro atoms. The summed E-state index contributed by atoms with van der Waals surface area (Å²) in [5.74, 6) is 0.647. The molecule has 5 nitrogen and oxygen atoms in total. The van der Waals surface area contributed by atoms with E-state index in [9.17, 15) is 4.39 Å². The lowest BCUT2D eigenvalue weighted by Gasteiger charge is -2.10. The number of halogens is 2. The zero-order valence-corrected chi connectivity index (χ0v) is 17.2. The van der Waals surface area contributed by atoms with Crippen LogP contribution in [0.15, 0.2) is 36.4 Å². The Bertz CT molecular complexity index is 1170. The maximum Gasteiger partial charge on any atom is 0.183 e. The quantitative estimate of drug-likeness (QED) is 0.349. The minimum Gasteiger partial charge on any atom is -0.494 e. The van der Waals surface area contributed by atoms with Gasteiger partial charge in [0.2, 0.25) is 0 Å². The zero-order chi connectivity index (χ0) is 20.4. The van der Waals surface area contributed by atoms with Gasteiger partial charge in [0.1, 0.15) is 11.6 Å². The molecule has 0 aliphatic rings. The second kappa shape index (κ2) is 8.33. The summed E-state index contributed by atoms with van der Waals surface area (Å²) in [5.41, 5.74) is 3.08. The standard InChI is InChI=1S/C22H22ClFN4O/c1-3-4-5-6-11-29-16-8-9-18(24)17(13-16)22-27-26-21-14(2)25-19-12-15(23)7-10-20(19)28(21)22/h7-10,12-13H,3-6,11H2,1-2H3. The van der Waals surface area contributed by atoms with Crippen LogP contribution in [0.3, 0.4) is 0 Å². The van der Waals surface area contributed by atoms with Crippen molar-refractivity contribution >= 4 is 28.3 Å². The normalized spacial score (nSPS) is 11.4. The summed E-state index contributed by atoms with van der Waals surface area (Å²) in [6.07, 6.45) is 4.47. The lowest BCUT2D eigenvalue weighted by atomic mass is 10.1. The van der Waals surface area contributed by atoms with E-state index < -0.39 is 0 Å². The molecule has 0 bridgehead atoms. The van der Waals surface area contributed by atoms with Crippen LogP contribution in [0.2, 0.25) is 5.02 Å². The van der Waals surface area contributed by atoms with Crippen molar-refractivity contribution in [1.82, 2.24) is 19.6 Å². The van der Waals surface area contributed by atoms with E-state index in [2.05, 4.69) is 22.1 Å². The number of rotatable bonds is 7. The Morgan fingerprint density at radius 2 is 1.93 bits per heavy atom. The summed E-state index contributed by atoms with van der Waals surface area (Å²) in [6.45, 7) is 4.63. The number of unbranched alkanes of at least 4 members (excludes halogenated alkanes) is 3. The molecule has 7 heteroatoms. The second-order valence-corrected chi connectivity index (χ2v) is 7.50. The lowest BCUT2D eigenvalue weighted by Crippen LogP contribution is -2.00. The van der Waals surface area contributed by atoms with Crippen LogP contribution < -0.4 is 4.74 Å². The molecule has 2 aromatic heterocycles. The number of hydrogen-bond acceptors (Lipinski definition) is 4. The minimum absolute atomic E-state index is 0.338. The first kappa shape index (κ1) is 19.6. The highest BCUT2D eigenvalue weighted by Crippen LogP contribution is 2.30. The average Bonchev–Trinajstić information content (AvgIpc) is 3.14. The van der Waals surface area contributed by atoms with E-state index in [1.807, 2.05) is 17.4 Å². The van der Waals surface area contributed by atoms with Crippen LogP contribution in [0.4, 0.5) is 4.39 Å². The molecular formula is C22H22ClFN4O. The van der Waals surface area contributed by atoms with Crippen molar-refractivity contribution in [2.24, 2.45) is 0 Å². The molecule has 0 radical (unpaired) electrons. The van der Waals surface area contributed by atoms with Crippen molar-refractivity contribution in [3.8, 4) is 17.1 Å². The van der Waals surface area contributed by atoms with E-state index >= 15 is 0 Å². The number of ether oxygens (including phenoxy) is 1. The molecule has 0 amide bonds. The number of aryl methyl sites for hydroxylation is 1. The summed E-state index contributed by atoms with van der Waals surface area (Å²) in [4.78, 5) is 4.55. The van der Waals surface area contributed by atoms with Crippen LogP contribution in [0, 0.1) is 12.7 Å². The third-order valence-corrected chi connectivity index (χ3v) is 5.13. The van der Waals surface area contributed by atoms with Crippen molar-refractivity contribution in [1.29, 1.82) is 0 Å². The predicted molar refractivity (Wildman–Crippen MR) is 113 cm³/mol. The smallest absolute Gasteiger partial charge is 0.183 e. The maximum absolute atomic E-state index is 14.7. The monoisotopic (exact) mass is 412 g/mol. The van der Waals surface area contributed by atoms with Gasteiger partial charge in [-0.15, -0.1) is 10.2 Å². The Balaban J connectivity index is 1.76. The van der Waals surface area contributed by atoms with Crippen LogP contribution in [-0.2, 0) is 0 Å². The first-order valence-electron chi connectivity index (χ1n) is 9.82. The summed E-state index contributed by atoms with van der Waals surface area (Å²) >= 11 is 6.12. The molecule has 0 saturated carbocycles. The molecule has 150 valence electrons. The average molecular weight is 413 g/mol. The lowest BCUT2D eigenvalue weighted by molar-refractivity contribution is 0.305. The van der Waals surface area contributed by atoms with E-state index in [-0.39, 0.29) is 5.82 Å². The van der Waals surface area contributed by atoms with E-state index in [1.54, 1.807) is 24.3 Å². The van der Waals surface area contributed by atoms with Crippen LogP contribution in [0.25, 0.3) is 28.1 Å². The summed E-state index contributed by atoms with van der Waals surface area (Å²) in [6, 6.07) is 10.1. The highest BCUT2D eigenvalue weighted by atomic mass is 35.5. The van der Waals surface area contributed by atoms with E-state index in [0.717, 1.165) is 18.4 Å². The van der Waals surface area contributed by atoms with Crippen LogP contribution in [-0.4, -0.2) is 26.2 Å². The summed E-state index contributed by atoms with van der Waals surface area (Å²) in [7, 11) is 0. The molecule has 0 fully saturated rings. The number of aromatic nitrogens is 4. The molecule has 0 N–H and O–H groups in total. The Kier molecular flexibility index (Phi) is 5.62. The fourth-order valence-corrected chi connectivity index (χ4v) is 3.58. The summed E-state index contributed by atoms with van der Waals surface area (Å²) in [5, 5.41) is 9.10. The Hall–Kier alpha value is -2.73. The van der Waals surface area contributed by atoms with Crippen molar-refractivity contribution in [2.75, 3.05) is 6.61 Å². The molecule has 4 rings (SSSR count). The van der Waals surface area contributed by atoms with Gasteiger partial charge in [-0.05, 0) is 49.7 Å². The van der Waals surface area contributed by atoms with Crippen molar-refractivity contribution in [2.45, 2.75) is 39.5 Å². The second-order valence-electron chi connectivity index (χ2n) is 7.06. The van der Waals surface area contributed by atoms with Crippen molar-refractivity contribution < 1.29 is 9.13 Å². The van der Waals surface area contributed by atoms with Gasteiger partial charge < -0.3 is 4.74 Å². The van der Waals surface area contributed by atoms with E-state index in [1.165, 1.54) is 18.9 Å². The number of benzene rings is 2. The molecule has 0 aliphatic carbocycles. The Morgan fingerprint density at radius 1 is 1.07 bits per heavy atom. The Morgan fingerprint density at radius 3 is 2.76 bits per heavy atom. The van der Waals surface area contributed by atoms with E-state index in [4.69, 9.17) is 16.3 Å². The molecular weight excluding hydrogens is 391 g/mol. The molecule has 0 aliphatic heterocycles. The van der Waals surface area contributed by atoms with Gasteiger partial charge in [0, 0.05) is 5.02 Å². The van der Waals surface area contributed by atoms with Gasteiger partial charge in [-0.1, -0.05) is 37.8 Å². The first-order valence-corrected chi connectivity index (χ1v) is 10.2. The molecule has 2 aromatic carbocycles. The minimum atomic E-state index is -0.380. The molecule has 0 atom stereocenters. The number of nitrogens with zero attached hydrogens (tertiary/aromatic N) is 4. The fourth-order valence-electron chi connectivity index (χ4n) is 3.41. The molecule has 2 heterocycles. The zero-order valence-electron chi connectivity index (χ0n) is 16.5. The molecule has 29 heavy (non-hydrogen) atoms. The van der Waals surface area contributed by atoms with Crippen molar-refractivity contribution in [3.05, 3.63) is 52.9 Å². The summed E-state index contributed by atoms with van der Waals surface area (Å²) < 4.78 is 22.4. The SMILES string of the molecule is CCCCCCOc1ccc(F)c(-c2nnc3c(C)nc4cc(Cl)ccc4n23)c1. The van der Waals surface area contributed by atoms with Gasteiger partial charge in [-0.3, -0.25) is 4.40 Å². The van der Waals surface area contributed by atoms with Crippen LogP contribution in [0.1, 0.15) is 38.3 Å². The number of hydrogen-bond donors (Lipinski definition) is 0. The molecule has 4 aromatic rings. The topological polar surface area (TPSA) is 52.3 Å². The van der Waals surface area contributed by atoms with Gasteiger partial charge in [0.05, 0.1) is 28.9 Å². The fraction of sp³-hybridized carbons (Fsp3) is 0.318. The largest absolute Gasteiger partial charge is 0.494 e. The highest BCUT2D eigenvalue weighted by Gasteiger charge is 2.18. The van der Waals surface area contributed by atoms with E-state index in [0.29, 0.717) is 45.6 Å². The third-order valence-electron chi connectivity index (χ3n) is 4.90.